The molecule has 1 aliphatic rings. The molecule has 1 aliphatic heterocycles. The molecular weight excluding hydrogens is 464 g/mol. The maximum absolute atomic E-state index is 12.9. The van der Waals surface area contributed by atoms with Crippen molar-refractivity contribution in [3.63, 3.8) is 0 Å². The van der Waals surface area contributed by atoms with Crippen molar-refractivity contribution in [3.8, 4) is 0 Å². The second-order valence-electron chi connectivity index (χ2n) is 7.57. The smallest absolute Gasteiger partial charge is 0.329 e. The number of guanidine groups is 1. The maximum atomic E-state index is 12.9. The van der Waals surface area contributed by atoms with Crippen molar-refractivity contribution in [2.45, 2.75) is 50.2 Å². The number of hydrogen-bond acceptors (Lipinski definition) is 7. The van der Waals surface area contributed by atoms with Gasteiger partial charge in [-0.2, -0.15) is 0 Å². The first-order valence-electron chi connectivity index (χ1n) is 10.8. The van der Waals surface area contributed by atoms with Crippen LogP contribution in [0.25, 0.3) is 0 Å². The Labute approximate surface area is 204 Å². The van der Waals surface area contributed by atoms with Crippen molar-refractivity contribution in [1.82, 2.24) is 10.2 Å². The number of benzene rings is 1. The zero-order valence-corrected chi connectivity index (χ0v) is 19.8. The van der Waals surface area contributed by atoms with Crippen LogP contribution in [0, 0.1) is 0 Å². The lowest BCUT2D eigenvalue weighted by molar-refractivity contribution is -0.147. The van der Waals surface area contributed by atoms with E-state index in [1.165, 1.54) is 4.90 Å². The lowest BCUT2D eigenvalue weighted by Gasteiger charge is -2.28. The number of nitrogens with one attached hydrogen (secondary N) is 1. The van der Waals surface area contributed by atoms with E-state index >= 15 is 0 Å². The van der Waals surface area contributed by atoms with Gasteiger partial charge in [-0.3, -0.25) is 14.6 Å². The number of rotatable bonds is 11. The van der Waals surface area contributed by atoms with Crippen LogP contribution >= 0.6 is 11.6 Å². The fourth-order valence-corrected chi connectivity index (χ4v) is 3.75. The summed E-state index contributed by atoms with van der Waals surface area (Å²) in [5, 5.41) is 2.69. The first-order chi connectivity index (χ1) is 16.3. The Hall–Kier alpha value is -3.18. The summed E-state index contributed by atoms with van der Waals surface area (Å²) >= 11 is 5.50. The molecule has 0 bridgehead atoms. The highest BCUT2D eigenvalue weighted by Gasteiger charge is 2.37. The molecule has 1 aromatic rings. The van der Waals surface area contributed by atoms with E-state index in [1.807, 2.05) is 37.1 Å². The molecule has 1 heterocycles. The maximum Gasteiger partial charge on any atom is 0.329 e. The summed E-state index contributed by atoms with van der Waals surface area (Å²) in [5.74, 6) is -1.43. The van der Waals surface area contributed by atoms with Gasteiger partial charge in [0, 0.05) is 13.1 Å². The topological polar surface area (TPSA) is 183 Å². The van der Waals surface area contributed by atoms with Crippen molar-refractivity contribution in [1.29, 1.82) is 0 Å². The Morgan fingerprint density at radius 3 is 2.53 bits per heavy atom. The Bertz CT molecular complexity index is 821. The normalized spacial score (nSPS) is 16.4. The van der Waals surface area contributed by atoms with Crippen LogP contribution < -0.4 is 22.5 Å². The number of ether oxygens (including phenoxy) is 1. The standard InChI is InChI=1S/C21H31ClN6O4.CH2O/c22-13-32-20(31)16(8-4-10-26-21(24)25)27-18(29)17-9-5-11-28(17)19(30)15(23)12-14-6-2-1-3-7-14;1-2/h1-3,6-7,15-17H,4-5,8-13,23H2,(H,27,29)(H4,24,25,26);1H2/t15-,16+,17+;/m1./s1. The van der Waals surface area contributed by atoms with Crippen LogP contribution in [0.2, 0.25) is 0 Å². The lowest BCUT2D eigenvalue weighted by Crippen LogP contribution is -2.54. The molecule has 0 unspecified atom stereocenters. The number of likely N-dealkylation sites (tertiary alicyclic amines) is 1. The van der Waals surface area contributed by atoms with Gasteiger partial charge in [-0.1, -0.05) is 41.9 Å². The third-order valence-electron chi connectivity index (χ3n) is 5.20. The number of hydrogen-bond donors (Lipinski definition) is 4. The molecule has 11 nitrogen and oxygen atoms in total. The molecule has 1 saturated heterocycles. The summed E-state index contributed by atoms with van der Waals surface area (Å²) in [6, 6.07) is 6.73. The molecule has 0 aliphatic carbocycles. The SMILES string of the molecule is C=O.NC(N)=NCCC[C@H](NC(=O)[C@@H]1CCCN1C(=O)[C@H](N)Cc1ccccc1)C(=O)OCCl. The third kappa shape index (κ3) is 9.36. The predicted molar refractivity (Wildman–Crippen MR) is 129 cm³/mol. The molecule has 1 aromatic carbocycles. The van der Waals surface area contributed by atoms with Crippen LogP contribution in [0.3, 0.4) is 0 Å². The van der Waals surface area contributed by atoms with Gasteiger partial charge in [0.1, 0.15) is 18.9 Å². The quantitative estimate of drug-likeness (QED) is 0.105. The number of esters is 1. The van der Waals surface area contributed by atoms with Gasteiger partial charge in [-0.05, 0) is 37.7 Å². The fraction of sp³-hybridized carbons (Fsp3) is 0.500. The van der Waals surface area contributed by atoms with Crippen LogP contribution in [0.15, 0.2) is 35.3 Å². The van der Waals surface area contributed by atoms with Gasteiger partial charge < -0.3 is 36.9 Å². The van der Waals surface area contributed by atoms with Crippen molar-refractivity contribution in [2.75, 3.05) is 19.2 Å². The van der Waals surface area contributed by atoms with Gasteiger partial charge in [0.15, 0.2) is 12.0 Å². The Balaban J connectivity index is 0.00000281. The average molecular weight is 497 g/mol. The summed E-state index contributed by atoms with van der Waals surface area (Å²) in [7, 11) is 0. The van der Waals surface area contributed by atoms with Gasteiger partial charge >= 0.3 is 5.97 Å². The second-order valence-corrected chi connectivity index (χ2v) is 7.79. The number of nitrogens with zero attached hydrogens (tertiary/aromatic N) is 2. The van der Waals surface area contributed by atoms with E-state index in [9.17, 15) is 14.4 Å². The fourth-order valence-electron chi connectivity index (χ4n) is 3.65. The molecule has 0 spiro atoms. The first-order valence-corrected chi connectivity index (χ1v) is 11.3. The van der Waals surface area contributed by atoms with E-state index < -0.39 is 30.0 Å². The monoisotopic (exact) mass is 496 g/mol. The molecule has 7 N–H and O–H groups in total. The van der Waals surface area contributed by atoms with E-state index in [-0.39, 0.29) is 24.4 Å². The molecule has 0 radical (unpaired) electrons. The Kier molecular flexibility index (Phi) is 13.3. The number of carbonyl (C=O) groups excluding carboxylic acids is 4. The lowest BCUT2D eigenvalue weighted by atomic mass is 10.0. The summed E-state index contributed by atoms with van der Waals surface area (Å²) in [4.78, 5) is 51.5. The largest absolute Gasteiger partial charge is 0.448 e. The van der Waals surface area contributed by atoms with E-state index in [1.54, 1.807) is 0 Å². The van der Waals surface area contributed by atoms with Gasteiger partial charge in [-0.25, -0.2) is 4.79 Å². The third-order valence-corrected chi connectivity index (χ3v) is 5.31. The number of aliphatic imine (C=N–C) groups is 1. The molecule has 12 heteroatoms. The number of amides is 2. The first kappa shape index (κ1) is 28.9. The van der Waals surface area contributed by atoms with Crippen molar-refractivity contribution in [3.05, 3.63) is 35.9 Å². The minimum atomic E-state index is -0.925. The van der Waals surface area contributed by atoms with E-state index in [2.05, 4.69) is 10.3 Å². The van der Waals surface area contributed by atoms with Gasteiger partial charge in [0.05, 0.1) is 6.04 Å². The summed E-state index contributed by atoms with van der Waals surface area (Å²) in [6.07, 6.45) is 2.23. The zero-order valence-electron chi connectivity index (χ0n) is 19.0. The highest BCUT2D eigenvalue weighted by molar-refractivity contribution is 6.17. The summed E-state index contributed by atoms with van der Waals surface area (Å²) in [5.41, 5.74) is 17.7. The molecule has 0 aromatic heterocycles. The number of alkyl halides is 1. The minimum Gasteiger partial charge on any atom is -0.448 e. The molecule has 0 saturated carbocycles. The summed E-state index contributed by atoms with van der Waals surface area (Å²) < 4.78 is 4.85. The number of halogens is 1. The molecule has 2 amide bonds. The molecule has 1 fully saturated rings. The zero-order chi connectivity index (χ0) is 25.5. The number of nitrogens with two attached hydrogens (primary N) is 3. The molecule has 34 heavy (non-hydrogen) atoms. The van der Waals surface area contributed by atoms with Crippen molar-refractivity contribution < 1.29 is 23.9 Å². The minimum absolute atomic E-state index is 0.0547. The van der Waals surface area contributed by atoms with Crippen molar-refractivity contribution >= 4 is 42.1 Å². The van der Waals surface area contributed by atoms with E-state index in [0.29, 0.717) is 38.8 Å². The molecule has 3 atom stereocenters. The highest BCUT2D eigenvalue weighted by Crippen LogP contribution is 2.20. The second kappa shape index (κ2) is 15.6. The summed E-state index contributed by atoms with van der Waals surface area (Å²) in [6.45, 7) is 2.73. The van der Waals surface area contributed by atoms with Gasteiger partial charge in [-0.15, -0.1) is 0 Å². The highest BCUT2D eigenvalue weighted by atomic mass is 35.5. The predicted octanol–water partition coefficient (Wildman–Crippen LogP) is -0.360. The van der Waals surface area contributed by atoms with Crippen LogP contribution in [0.4, 0.5) is 0 Å². The Morgan fingerprint density at radius 1 is 1.24 bits per heavy atom. The van der Waals surface area contributed by atoms with E-state index in [0.717, 1.165) is 5.56 Å². The van der Waals surface area contributed by atoms with Crippen LogP contribution in [-0.4, -0.2) is 72.7 Å². The van der Waals surface area contributed by atoms with Crippen molar-refractivity contribution in [2.24, 2.45) is 22.2 Å². The van der Waals surface area contributed by atoms with E-state index in [4.69, 9.17) is 38.3 Å². The van der Waals surface area contributed by atoms with Crippen LogP contribution in [0.1, 0.15) is 31.2 Å². The van der Waals surface area contributed by atoms with Gasteiger partial charge in [0.25, 0.3) is 0 Å². The average Bonchev–Trinajstić information content (AvgIpc) is 3.32. The molecule has 188 valence electrons. The van der Waals surface area contributed by atoms with Crippen LogP contribution in [0.5, 0.6) is 0 Å². The Morgan fingerprint density at radius 2 is 1.91 bits per heavy atom. The molecular formula is C22H33ClN6O5. The molecule has 2 rings (SSSR count). The number of carbonyl (C=O) groups is 4. The van der Waals surface area contributed by atoms with Crippen LogP contribution in [-0.2, 0) is 30.3 Å². The van der Waals surface area contributed by atoms with Gasteiger partial charge in [0.2, 0.25) is 11.8 Å².